The Labute approximate surface area is 239 Å². The number of rotatable bonds is 4. The molecule has 0 unspecified atom stereocenters. The average molecular weight is 563 g/mol. The summed E-state index contributed by atoms with van der Waals surface area (Å²) >= 11 is 0. The fraction of sp³-hybridized carbons (Fsp3) is 0.576. The van der Waals surface area contributed by atoms with E-state index in [4.69, 9.17) is 0 Å². The molecule has 2 aliphatic carbocycles. The Morgan fingerprint density at radius 3 is 2.41 bits per heavy atom. The van der Waals surface area contributed by atoms with Crippen molar-refractivity contribution < 1.29 is 18.0 Å². The summed E-state index contributed by atoms with van der Waals surface area (Å²) in [5, 5.41) is 9.61. The highest BCUT2D eigenvalue weighted by molar-refractivity contribution is 5.85. The van der Waals surface area contributed by atoms with Crippen molar-refractivity contribution in [1.82, 2.24) is 9.80 Å². The number of piperazine rings is 1. The largest absolute Gasteiger partial charge is 0.416 e. The van der Waals surface area contributed by atoms with Gasteiger partial charge in [-0.3, -0.25) is 4.79 Å². The topological polar surface area (TPSA) is 50.6 Å². The number of amides is 1. The first-order valence-electron chi connectivity index (χ1n) is 15.2. The van der Waals surface area contributed by atoms with E-state index < -0.39 is 11.7 Å². The molecule has 8 heteroatoms. The molecule has 0 aromatic heterocycles. The molecule has 5 fully saturated rings. The van der Waals surface area contributed by atoms with Crippen LogP contribution in [-0.2, 0) is 11.0 Å². The molecule has 2 aromatic rings. The minimum atomic E-state index is -4.46. The number of hydrogen-bond donors (Lipinski definition) is 0. The number of likely N-dealkylation sites (tertiary alicyclic amines) is 2. The summed E-state index contributed by atoms with van der Waals surface area (Å²) in [6.07, 6.45) is 3.84. The van der Waals surface area contributed by atoms with Crippen LogP contribution in [0.2, 0.25) is 0 Å². The summed E-state index contributed by atoms with van der Waals surface area (Å²) < 4.78 is 40.3. The molecular formula is C33H37F3N4O. The molecule has 5 atom stereocenters. The van der Waals surface area contributed by atoms with Crippen LogP contribution in [0.3, 0.4) is 0 Å². The van der Waals surface area contributed by atoms with Gasteiger partial charge in [-0.25, -0.2) is 0 Å². The molecule has 2 aromatic carbocycles. The Kier molecular flexibility index (Phi) is 6.57. The van der Waals surface area contributed by atoms with Crippen LogP contribution in [0.25, 0.3) is 0 Å². The van der Waals surface area contributed by atoms with Gasteiger partial charge in [0, 0.05) is 25.2 Å². The van der Waals surface area contributed by atoms with Crippen LogP contribution in [0.1, 0.15) is 74.0 Å². The number of nitrogens with zero attached hydrogens (tertiary/aromatic N) is 4. The van der Waals surface area contributed by atoms with E-state index in [1.807, 2.05) is 4.90 Å². The molecule has 1 amide bonds. The van der Waals surface area contributed by atoms with Gasteiger partial charge >= 0.3 is 6.18 Å². The van der Waals surface area contributed by atoms with Gasteiger partial charge in [0.2, 0.25) is 5.91 Å². The highest BCUT2D eigenvalue weighted by atomic mass is 19.4. The number of benzene rings is 2. The molecule has 0 radical (unpaired) electrons. The third-order valence-corrected chi connectivity index (χ3v) is 11.1. The monoisotopic (exact) mass is 562 g/mol. The van der Waals surface area contributed by atoms with Crippen molar-refractivity contribution in [3.63, 3.8) is 0 Å². The second kappa shape index (κ2) is 10.0. The van der Waals surface area contributed by atoms with E-state index in [-0.39, 0.29) is 23.1 Å². The molecule has 216 valence electrons. The lowest BCUT2D eigenvalue weighted by atomic mass is 9.78. The lowest BCUT2D eigenvalue weighted by Crippen LogP contribution is -2.54. The van der Waals surface area contributed by atoms with Gasteiger partial charge < -0.3 is 14.7 Å². The smallest absolute Gasteiger partial charge is 0.364 e. The molecule has 7 rings (SSSR count). The van der Waals surface area contributed by atoms with E-state index in [1.54, 1.807) is 0 Å². The van der Waals surface area contributed by atoms with Crippen LogP contribution in [-0.4, -0.2) is 60.0 Å². The number of carbonyl (C=O) groups excluding carboxylic acids is 1. The zero-order chi connectivity index (χ0) is 28.4. The van der Waals surface area contributed by atoms with Crippen molar-refractivity contribution in [1.29, 1.82) is 5.26 Å². The molecule has 5 nitrogen and oxygen atoms in total. The summed E-state index contributed by atoms with van der Waals surface area (Å²) in [7, 11) is 0. The lowest BCUT2D eigenvalue weighted by molar-refractivity contribution is -0.144. The quantitative estimate of drug-likeness (QED) is 0.446. The maximum absolute atomic E-state index is 14.3. The van der Waals surface area contributed by atoms with Crippen molar-refractivity contribution >= 4 is 11.6 Å². The molecule has 2 bridgehead atoms. The molecule has 3 aliphatic heterocycles. The Bertz CT molecular complexity index is 1350. The zero-order valence-corrected chi connectivity index (χ0v) is 23.3. The van der Waals surface area contributed by atoms with Crippen molar-refractivity contribution in [2.45, 2.75) is 81.6 Å². The van der Waals surface area contributed by atoms with E-state index in [2.05, 4.69) is 46.2 Å². The van der Waals surface area contributed by atoms with Crippen molar-refractivity contribution in [3.05, 3.63) is 65.2 Å². The predicted octanol–water partition coefficient (Wildman–Crippen LogP) is 6.20. The van der Waals surface area contributed by atoms with Crippen LogP contribution in [0.15, 0.2) is 48.5 Å². The van der Waals surface area contributed by atoms with Crippen molar-refractivity contribution in [2.75, 3.05) is 31.1 Å². The first kappa shape index (κ1) is 26.8. The number of piperidine rings is 1. The minimum Gasteiger partial charge on any atom is -0.364 e. The van der Waals surface area contributed by atoms with E-state index >= 15 is 0 Å². The number of halogens is 3. The van der Waals surface area contributed by atoms with E-state index in [9.17, 15) is 23.2 Å². The Morgan fingerprint density at radius 1 is 0.951 bits per heavy atom. The van der Waals surface area contributed by atoms with Crippen molar-refractivity contribution in [3.8, 4) is 6.07 Å². The number of anilines is 1. The molecule has 3 saturated heterocycles. The standard InChI is InChI=1S/C33H37F3N4O/c34-33(35,36)26-9-8-24(19-37)30(16-26)39-20-29-17-28(39)21-40(29)31(41)32-12-4-7-25(32)15-27(18-32)38-13-10-23(11-14-38)22-5-2-1-3-6-22/h1-3,5-6,8-9,16,23,25,27-29H,4,7,10-15,17-18,20-21H2/t25-,27-,28-,29+,32-/m1/s1. The second-order valence-electron chi connectivity index (χ2n) is 13.1. The summed E-state index contributed by atoms with van der Waals surface area (Å²) in [5.74, 6) is 1.33. The summed E-state index contributed by atoms with van der Waals surface area (Å²) in [6, 6.07) is 16.6. The minimum absolute atomic E-state index is 0.00937. The van der Waals surface area contributed by atoms with Gasteiger partial charge in [0.15, 0.2) is 0 Å². The number of alkyl halides is 3. The molecule has 0 N–H and O–H groups in total. The third kappa shape index (κ3) is 4.52. The highest BCUT2D eigenvalue weighted by Crippen LogP contribution is 2.57. The summed E-state index contributed by atoms with van der Waals surface area (Å²) in [5.41, 5.74) is 1.02. The predicted molar refractivity (Wildman–Crippen MR) is 150 cm³/mol. The average Bonchev–Trinajstić information content (AvgIpc) is 3.77. The third-order valence-electron chi connectivity index (χ3n) is 11.1. The Hall–Kier alpha value is -3.05. The van der Waals surface area contributed by atoms with E-state index in [0.29, 0.717) is 42.6 Å². The summed E-state index contributed by atoms with van der Waals surface area (Å²) in [6.45, 7) is 3.20. The normalized spacial score (nSPS) is 32.0. The highest BCUT2D eigenvalue weighted by Gasteiger charge is 2.59. The number of nitriles is 1. The lowest BCUT2D eigenvalue weighted by Gasteiger charge is -2.41. The number of hydrogen-bond acceptors (Lipinski definition) is 4. The van der Waals surface area contributed by atoms with Crippen LogP contribution in [0, 0.1) is 22.7 Å². The first-order chi connectivity index (χ1) is 19.8. The van der Waals surface area contributed by atoms with Gasteiger partial charge in [0.1, 0.15) is 6.07 Å². The van der Waals surface area contributed by atoms with Gasteiger partial charge in [-0.05, 0) is 93.6 Å². The summed E-state index contributed by atoms with van der Waals surface area (Å²) in [4.78, 5) is 21.0. The zero-order valence-electron chi connectivity index (χ0n) is 23.3. The van der Waals surface area contributed by atoms with Crippen LogP contribution in [0.4, 0.5) is 18.9 Å². The van der Waals surface area contributed by atoms with Gasteiger partial charge in [-0.2, -0.15) is 18.4 Å². The van der Waals surface area contributed by atoms with Gasteiger partial charge in [-0.1, -0.05) is 36.8 Å². The van der Waals surface area contributed by atoms with E-state index in [1.165, 1.54) is 11.6 Å². The van der Waals surface area contributed by atoms with Gasteiger partial charge in [-0.15, -0.1) is 0 Å². The second-order valence-corrected chi connectivity index (χ2v) is 13.1. The maximum Gasteiger partial charge on any atom is 0.416 e. The van der Waals surface area contributed by atoms with Gasteiger partial charge in [0.05, 0.1) is 28.3 Å². The van der Waals surface area contributed by atoms with Crippen LogP contribution in [0.5, 0.6) is 0 Å². The Morgan fingerprint density at radius 2 is 1.73 bits per heavy atom. The van der Waals surface area contributed by atoms with Crippen LogP contribution >= 0.6 is 0 Å². The maximum atomic E-state index is 14.3. The Balaban J connectivity index is 1.03. The molecule has 41 heavy (non-hydrogen) atoms. The molecule has 2 saturated carbocycles. The number of fused-ring (bicyclic) bond motifs is 3. The van der Waals surface area contributed by atoms with Crippen molar-refractivity contribution in [2.24, 2.45) is 11.3 Å². The molecule has 5 aliphatic rings. The molecule has 3 heterocycles. The van der Waals surface area contributed by atoms with E-state index in [0.717, 1.165) is 76.6 Å². The van der Waals surface area contributed by atoms with Gasteiger partial charge in [0.25, 0.3) is 0 Å². The fourth-order valence-electron chi connectivity index (χ4n) is 9.10. The number of carbonyl (C=O) groups is 1. The molecular weight excluding hydrogens is 525 g/mol. The molecule has 0 spiro atoms. The SMILES string of the molecule is N#Cc1ccc(C(F)(F)F)cc1N1C[C@@H]2C[C@@H]1CN2C(=O)[C@@]12CCC[C@@H]1C[C@@H](N1CCC(c3ccccc3)CC1)C2. The fourth-order valence-corrected chi connectivity index (χ4v) is 9.10. The van der Waals surface area contributed by atoms with Crippen LogP contribution < -0.4 is 4.90 Å². The first-order valence-corrected chi connectivity index (χ1v) is 15.2.